The zero-order valence-corrected chi connectivity index (χ0v) is 19.6. The molecular weight excluding hydrogens is 431 g/mol. The molecule has 0 spiro atoms. The number of piperazine rings is 1. The van der Waals surface area contributed by atoms with Gasteiger partial charge in [-0.25, -0.2) is 4.39 Å². The van der Waals surface area contributed by atoms with Crippen molar-refractivity contribution in [2.24, 2.45) is 0 Å². The molecule has 178 valence electrons. The van der Waals surface area contributed by atoms with Crippen LogP contribution in [0.4, 0.5) is 15.9 Å². The highest BCUT2D eigenvalue weighted by molar-refractivity contribution is 6.07. The van der Waals surface area contributed by atoms with Crippen molar-refractivity contribution in [1.82, 2.24) is 20.4 Å². The quantitative estimate of drug-likeness (QED) is 0.607. The lowest BCUT2D eigenvalue weighted by Gasteiger charge is -2.37. The summed E-state index contributed by atoms with van der Waals surface area (Å²) in [5, 5.41) is 13.7. The van der Waals surface area contributed by atoms with E-state index in [1.165, 1.54) is 25.0 Å². The zero-order valence-electron chi connectivity index (χ0n) is 19.6. The summed E-state index contributed by atoms with van der Waals surface area (Å²) in [4.78, 5) is 19.8. The van der Waals surface area contributed by atoms with E-state index in [1.807, 2.05) is 36.4 Å². The summed E-state index contributed by atoms with van der Waals surface area (Å²) in [5.74, 6) is 0.412. The molecule has 0 bridgehead atoms. The second-order valence-electron chi connectivity index (χ2n) is 9.19. The maximum atomic E-state index is 13.3. The Kier molecular flexibility index (Phi) is 6.58. The van der Waals surface area contributed by atoms with Gasteiger partial charge in [0.1, 0.15) is 5.82 Å². The van der Waals surface area contributed by atoms with Gasteiger partial charge in [0.15, 0.2) is 11.5 Å². The van der Waals surface area contributed by atoms with Gasteiger partial charge < -0.3 is 20.0 Å². The molecule has 0 saturated carbocycles. The number of halogens is 1. The lowest BCUT2D eigenvalue weighted by atomic mass is 10.1. The van der Waals surface area contributed by atoms with Crippen molar-refractivity contribution < 1.29 is 9.18 Å². The molecule has 0 aliphatic carbocycles. The van der Waals surface area contributed by atoms with Crippen molar-refractivity contribution in [3.8, 4) is 0 Å². The normalized spacial score (nSPS) is 19.1. The molecule has 3 aromatic rings. The molecule has 8 heteroatoms. The number of rotatable bonds is 6. The Morgan fingerprint density at radius 2 is 1.68 bits per heavy atom. The number of nitrogens with one attached hydrogen (secondary N) is 1. The first-order valence-corrected chi connectivity index (χ1v) is 12.1. The molecule has 0 radical (unpaired) electrons. The molecule has 34 heavy (non-hydrogen) atoms. The molecule has 1 atom stereocenters. The second kappa shape index (κ2) is 9.93. The Morgan fingerprint density at radius 1 is 0.971 bits per heavy atom. The smallest absolute Gasteiger partial charge is 0.272 e. The third-order valence-electron chi connectivity index (χ3n) is 7.09. The first-order valence-electron chi connectivity index (χ1n) is 12.1. The minimum Gasteiger partial charge on any atom is -0.368 e. The second-order valence-corrected chi connectivity index (χ2v) is 9.19. The number of aromatic nitrogens is 2. The first-order chi connectivity index (χ1) is 16.6. The molecule has 2 fully saturated rings. The Bertz CT molecular complexity index is 1150. The fraction of sp³-hybridized carbons (Fsp3) is 0.423. The monoisotopic (exact) mass is 462 g/mol. The van der Waals surface area contributed by atoms with Gasteiger partial charge in [0.05, 0.1) is 0 Å². The van der Waals surface area contributed by atoms with Crippen LogP contribution < -0.4 is 15.1 Å². The van der Waals surface area contributed by atoms with Crippen molar-refractivity contribution in [3.05, 3.63) is 60.0 Å². The van der Waals surface area contributed by atoms with Crippen molar-refractivity contribution in [3.63, 3.8) is 0 Å². The molecule has 3 heterocycles. The summed E-state index contributed by atoms with van der Waals surface area (Å²) >= 11 is 0. The Morgan fingerprint density at radius 3 is 2.38 bits per heavy atom. The maximum Gasteiger partial charge on any atom is 0.272 e. The standard InChI is InChI=1S/C26H31FN6O/c1-31-14-4-5-20(31)12-13-28-26(34)24-22-6-2-3-7-23(22)25(30-29-24)33-17-15-32(16-18-33)21-10-8-19(27)9-11-21/h2-3,6-11,20H,4-5,12-18H2,1H3,(H,28,34). The van der Waals surface area contributed by atoms with Gasteiger partial charge in [-0.05, 0) is 57.1 Å². The molecule has 2 aliphatic rings. The van der Waals surface area contributed by atoms with Crippen LogP contribution in [0.25, 0.3) is 10.8 Å². The van der Waals surface area contributed by atoms with E-state index in [9.17, 15) is 9.18 Å². The summed E-state index contributed by atoms with van der Waals surface area (Å²) in [7, 11) is 2.15. The number of hydrogen-bond acceptors (Lipinski definition) is 6. The van der Waals surface area contributed by atoms with E-state index in [1.54, 1.807) is 0 Å². The van der Waals surface area contributed by atoms with Gasteiger partial charge in [-0.3, -0.25) is 4.79 Å². The average molecular weight is 463 g/mol. The largest absolute Gasteiger partial charge is 0.368 e. The van der Waals surface area contributed by atoms with Crippen LogP contribution in [0.1, 0.15) is 29.8 Å². The van der Waals surface area contributed by atoms with Crippen LogP contribution in [0.3, 0.4) is 0 Å². The molecule has 2 aliphatic heterocycles. The third-order valence-corrected chi connectivity index (χ3v) is 7.09. The third kappa shape index (κ3) is 4.68. The highest BCUT2D eigenvalue weighted by Gasteiger charge is 2.24. The van der Waals surface area contributed by atoms with Gasteiger partial charge in [0.25, 0.3) is 5.91 Å². The number of benzene rings is 2. The SMILES string of the molecule is CN1CCCC1CCNC(=O)c1nnc(N2CCN(c3ccc(F)cc3)CC2)c2ccccc12. The van der Waals surface area contributed by atoms with Gasteiger partial charge in [-0.15, -0.1) is 10.2 Å². The number of anilines is 2. The van der Waals surface area contributed by atoms with Gasteiger partial charge in [0, 0.05) is 55.2 Å². The maximum absolute atomic E-state index is 13.3. The van der Waals surface area contributed by atoms with Crippen LogP contribution in [0, 0.1) is 5.82 Å². The topological polar surface area (TPSA) is 64.6 Å². The highest BCUT2D eigenvalue weighted by Crippen LogP contribution is 2.28. The molecule has 2 saturated heterocycles. The molecule has 1 N–H and O–H groups in total. The Labute approximate surface area is 199 Å². The van der Waals surface area contributed by atoms with Crippen molar-refractivity contribution in [2.75, 3.05) is 56.1 Å². The van der Waals surface area contributed by atoms with Crippen LogP contribution in [-0.2, 0) is 0 Å². The molecule has 5 rings (SSSR count). The Balaban J connectivity index is 1.28. The Hall–Kier alpha value is -3.26. The van der Waals surface area contributed by atoms with Crippen LogP contribution in [0.2, 0.25) is 0 Å². The molecule has 7 nitrogen and oxygen atoms in total. The minimum atomic E-state index is -0.223. The molecule has 1 amide bonds. The van der Waals surface area contributed by atoms with Crippen molar-refractivity contribution in [1.29, 1.82) is 0 Å². The van der Waals surface area contributed by atoms with Crippen molar-refractivity contribution >= 4 is 28.2 Å². The zero-order chi connectivity index (χ0) is 23.5. The summed E-state index contributed by atoms with van der Waals surface area (Å²) in [5.41, 5.74) is 1.40. The van der Waals surface area contributed by atoms with Gasteiger partial charge >= 0.3 is 0 Å². The van der Waals surface area contributed by atoms with Crippen LogP contribution in [-0.4, -0.2) is 73.4 Å². The highest BCUT2D eigenvalue weighted by atomic mass is 19.1. The predicted octanol–water partition coefficient (Wildman–Crippen LogP) is 3.31. The van der Waals surface area contributed by atoms with E-state index in [2.05, 4.69) is 37.3 Å². The number of fused-ring (bicyclic) bond motifs is 1. The lowest BCUT2D eigenvalue weighted by Crippen LogP contribution is -2.47. The van der Waals surface area contributed by atoms with Crippen LogP contribution >= 0.6 is 0 Å². The number of carbonyl (C=O) groups is 1. The number of nitrogens with zero attached hydrogens (tertiary/aromatic N) is 5. The molecule has 1 aromatic heterocycles. The summed E-state index contributed by atoms with van der Waals surface area (Å²) in [6.45, 7) is 4.93. The molecule has 2 aromatic carbocycles. The van der Waals surface area contributed by atoms with Gasteiger partial charge in [0.2, 0.25) is 0 Å². The summed E-state index contributed by atoms with van der Waals surface area (Å²) in [6, 6.07) is 15.0. The van der Waals surface area contributed by atoms with E-state index < -0.39 is 0 Å². The van der Waals surface area contributed by atoms with E-state index in [0.29, 0.717) is 18.3 Å². The number of likely N-dealkylation sites (tertiary alicyclic amines) is 1. The minimum absolute atomic E-state index is 0.169. The van der Waals surface area contributed by atoms with E-state index >= 15 is 0 Å². The summed E-state index contributed by atoms with van der Waals surface area (Å²) in [6.07, 6.45) is 3.37. The first kappa shape index (κ1) is 22.5. The van der Waals surface area contributed by atoms with Gasteiger partial charge in [-0.2, -0.15) is 0 Å². The number of amides is 1. The van der Waals surface area contributed by atoms with E-state index in [-0.39, 0.29) is 11.7 Å². The fourth-order valence-corrected chi connectivity index (χ4v) is 5.10. The van der Waals surface area contributed by atoms with Gasteiger partial charge in [-0.1, -0.05) is 24.3 Å². The van der Waals surface area contributed by atoms with E-state index in [0.717, 1.165) is 61.4 Å². The van der Waals surface area contributed by atoms with Crippen molar-refractivity contribution in [2.45, 2.75) is 25.3 Å². The predicted molar refractivity (Wildman–Crippen MR) is 133 cm³/mol. The number of carbonyl (C=O) groups excluding carboxylic acids is 1. The number of hydrogen-bond donors (Lipinski definition) is 1. The van der Waals surface area contributed by atoms with E-state index in [4.69, 9.17) is 0 Å². The van der Waals surface area contributed by atoms with Crippen LogP contribution in [0.15, 0.2) is 48.5 Å². The average Bonchev–Trinajstić information content (AvgIpc) is 3.28. The lowest BCUT2D eigenvalue weighted by molar-refractivity contribution is 0.0946. The molecular formula is C26H31FN6O. The fourth-order valence-electron chi connectivity index (χ4n) is 5.10. The molecule has 1 unspecified atom stereocenters. The van der Waals surface area contributed by atoms with Crippen LogP contribution in [0.5, 0.6) is 0 Å². The summed E-state index contributed by atoms with van der Waals surface area (Å²) < 4.78 is 13.3.